The van der Waals surface area contributed by atoms with Crippen molar-refractivity contribution >= 4 is 18.0 Å². The highest BCUT2D eigenvalue weighted by Gasteiger charge is 1.96. The Bertz CT molecular complexity index is 562. The van der Waals surface area contributed by atoms with Crippen LogP contribution in [0.3, 0.4) is 0 Å². The van der Waals surface area contributed by atoms with E-state index in [1.807, 2.05) is 42.5 Å². The molecule has 3 heteroatoms. The lowest BCUT2D eigenvalue weighted by atomic mass is 10.2. The first kappa shape index (κ1) is 12.9. The van der Waals surface area contributed by atoms with Crippen LogP contribution in [0.15, 0.2) is 65.8 Å². The van der Waals surface area contributed by atoms with E-state index in [-0.39, 0.29) is 0 Å². The average molecular weight is 252 g/mol. The molecule has 0 bridgehead atoms. The van der Waals surface area contributed by atoms with Crippen LogP contribution >= 0.6 is 0 Å². The third-order valence-corrected chi connectivity index (χ3v) is 2.68. The van der Waals surface area contributed by atoms with Crippen LogP contribution in [0.4, 0.5) is 5.69 Å². The van der Waals surface area contributed by atoms with Gasteiger partial charge in [0.25, 0.3) is 0 Å². The van der Waals surface area contributed by atoms with Crippen molar-refractivity contribution in [2.45, 2.75) is 0 Å². The number of rotatable bonds is 5. The molecule has 0 radical (unpaired) electrons. The van der Waals surface area contributed by atoms with Gasteiger partial charge in [-0.25, -0.2) is 0 Å². The van der Waals surface area contributed by atoms with Gasteiger partial charge in [-0.3, -0.25) is 0 Å². The third-order valence-electron chi connectivity index (χ3n) is 2.68. The van der Waals surface area contributed by atoms with Crippen LogP contribution in [0.25, 0.3) is 6.08 Å². The van der Waals surface area contributed by atoms with E-state index < -0.39 is 0 Å². The number of benzene rings is 2. The summed E-state index contributed by atoms with van der Waals surface area (Å²) >= 11 is 0. The average Bonchev–Trinajstić information content (AvgIpc) is 2.47. The molecule has 0 saturated carbocycles. The third kappa shape index (κ3) is 4.00. The zero-order valence-electron chi connectivity index (χ0n) is 10.5. The lowest BCUT2D eigenvalue weighted by Gasteiger charge is -2.06. The van der Waals surface area contributed by atoms with Crippen molar-refractivity contribution in [1.82, 2.24) is 0 Å². The van der Waals surface area contributed by atoms with Crippen LogP contribution in [0.5, 0.6) is 0 Å². The number of nitrogens with zero attached hydrogens (tertiary/aromatic N) is 1. The van der Waals surface area contributed by atoms with E-state index in [2.05, 4.69) is 34.8 Å². The van der Waals surface area contributed by atoms with E-state index in [9.17, 15) is 0 Å². The molecule has 3 nitrogen and oxygen atoms in total. The molecule has 2 N–H and O–H groups in total. The van der Waals surface area contributed by atoms with Crippen LogP contribution in [0.1, 0.15) is 11.1 Å². The predicted octanol–water partition coefficient (Wildman–Crippen LogP) is 3.62. The molecule has 2 rings (SSSR count). The highest BCUT2D eigenvalue weighted by atomic mass is 16.4. The Balaban J connectivity index is 1.94. The molecular formula is C16H16N2O. The Labute approximate surface area is 112 Å². The van der Waals surface area contributed by atoms with Gasteiger partial charge >= 0.3 is 0 Å². The summed E-state index contributed by atoms with van der Waals surface area (Å²) in [6.45, 7) is 0.713. The van der Waals surface area contributed by atoms with E-state index in [1.165, 1.54) is 11.8 Å². The van der Waals surface area contributed by atoms with Crippen LogP contribution in [-0.2, 0) is 0 Å². The Kier molecular flexibility index (Phi) is 4.76. The molecule has 19 heavy (non-hydrogen) atoms. The van der Waals surface area contributed by atoms with Gasteiger partial charge < -0.3 is 10.5 Å². The monoisotopic (exact) mass is 252 g/mol. The van der Waals surface area contributed by atoms with Gasteiger partial charge in [-0.05, 0) is 11.6 Å². The van der Waals surface area contributed by atoms with Gasteiger partial charge in [-0.15, -0.1) is 0 Å². The summed E-state index contributed by atoms with van der Waals surface area (Å²) in [7, 11) is 0. The van der Waals surface area contributed by atoms with Gasteiger partial charge in [0, 0.05) is 17.8 Å². The zero-order valence-corrected chi connectivity index (χ0v) is 10.5. The summed E-state index contributed by atoms with van der Waals surface area (Å²) in [5.74, 6) is 0. The highest BCUT2D eigenvalue weighted by molar-refractivity contribution is 5.87. The number of hydrogen-bond donors (Lipinski definition) is 2. The van der Waals surface area contributed by atoms with Gasteiger partial charge in [0.05, 0.1) is 6.21 Å². The lowest BCUT2D eigenvalue weighted by Crippen LogP contribution is -2.01. The van der Waals surface area contributed by atoms with E-state index >= 15 is 0 Å². The normalized spacial score (nSPS) is 11.2. The number of anilines is 1. The molecular weight excluding hydrogens is 236 g/mol. The number of para-hydroxylation sites is 1. The van der Waals surface area contributed by atoms with Gasteiger partial charge in [0.1, 0.15) is 0 Å². The van der Waals surface area contributed by atoms with Crippen LogP contribution in [0, 0.1) is 0 Å². The van der Waals surface area contributed by atoms with Crippen molar-refractivity contribution < 1.29 is 5.21 Å². The smallest absolute Gasteiger partial charge is 0.0754 e. The molecule has 0 fully saturated rings. The quantitative estimate of drug-likeness (QED) is 0.485. The van der Waals surface area contributed by atoms with Gasteiger partial charge in [0.15, 0.2) is 0 Å². The second-order valence-corrected chi connectivity index (χ2v) is 4.03. The van der Waals surface area contributed by atoms with E-state index in [4.69, 9.17) is 5.21 Å². The molecule has 2 aromatic carbocycles. The molecule has 0 saturated heterocycles. The summed E-state index contributed by atoms with van der Waals surface area (Å²) < 4.78 is 0. The Hall–Kier alpha value is -2.55. The minimum absolute atomic E-state index is 0.713. The van der Waals surface area contributed by atoms with Gasteiger partial charge in [0.2, 0.25) is 0 Å². The largest absolute Gasteiger partial charge is 0.411 e. The number of hydrogen-bond acceptors (Lipinski definition) is 3. The fraction of sp³-hybridized carbons (Fsp3) is 0.0625. The first-order valence-corrected chi connectivity index (χ1v) is 6.12. The SMILES string of the molecule is O/N=C/c1ccccc1NC/C=C/c1ccccc1. The Morgan fingerprint density at radius 3 is 2.53 bits per heavy atom. The summed E-state index contributed by atoms with van der Waals surface area (Å²) in [4.78, 5) is 0. The molecule has 0 amide bonds. The minimum atomic E-state index is 0.713. The fourth-order valence-electron chi connectivity index (χ4n) is 1.76. The molecule has 0 aliphatic heterocycles. The first-order chi connectivity index (χ1) is 9.40. The first-order valence-electron chi connectivity index (χ1n) is 6.12. The van der Waals surface area contributed by atoms with Crippen molar-refractivity contribution in [3.05, 3.63) is 71.8 Å². The van der Waals surface area contributed by atoms with E-state index in [0.717, 1.165) is 11.3 Å². The molecule has 0 aromatic heterocycles. The van der Waals surface area contributed by atoms with Crippen LogP contribution in [-0.4, -0.2) is 18.0 Å². The second kappa shape index (κ2) is 7.01. The maximum Gasteiger partial charge on any atom is 0.0754 e. The van der Waals surface area contributed by atoms with Crippen molar-refractivity contribution in [1.29, 1.82) is 0 Å². The highest BCUT2D eigenvalue weighted by Crippen LogP contribution is 2.12. The molecule has 0 aliphatic rings. The predicted molar refractivity (Wildman–Crippen MR) is 79.8 cm³/mol. The second-order valence-electron chi connectivity index (χ2n) is 4.03. The summed E-state index contributed by atoms with van der Waals surface area (Å²) in [6, 6.07) is 17.8. The van der Waals surface area contributed by atoms with Gasteiger partial charge in [-0.2, -0.15) is 0 Å². The molecule has 0 aliphatic carbocycles. The molecule has 2 aromatic rings. The summed E-state index contributed by atoms with van der Waals surface area (Å²) in [6.07, 6.45) is 5.54. The zero-order chi connectivity index (χ0) is 13.3. The fourth-order valence-corrected chi connectivity index (χ4v) is 1.76. The maximum atomic E-state index is 8.59. The van der Waals surface area contributed by atoms with Crippen molar-refractivity contribution in [3.63, 3.8) is 0 Å². The van der Waals surface area contributed by atoms with Crippen molar-refractivity contribution in [2.75, 3.05) is 11.9 Å². The van der Waals surface area contributed by atoms with Crippen LogP contribution in [0.2, 0.25) is 0 Å². The van der Waals surface area contributed by atoms with Crippen molar-refractivity contribution in [2.24, 2.45) is 5.16 Å². The maximum absolute atomic E-state index is 8.59. The Morgan fingerprint density at radius 1 is 1.00 bits per heavy atom. The minimum Gasteiger partial charge on any atom is -0.411 e. The summed E-state index contributed by atoms with van der Waals surface area (Å²) in [5.41, 5.74) is 2.98. The summed E-state index contributed by atoms with van der Waals surface area (Å²) in [5, 5.41) is 14.9. The van der Waals surface area contributed by atoms with Crippen molar-refractivity contribution in [3.8, 4) is 0 Å². The molecule has 0 atom stereocenters. The van der Waals surface area contributed by atoms with Crippen LogP contribution < -0.4 is 5.32 Å². The molecule has 0 unspecified atom stereocenters. The number of nitrogens with one attached hydrogen (secondary N) is 1. The Morgan fingerprint density at radius 2 is 1.74 bits per heavy atom. The molecule has 0 spiro atoms. The molecule has 96 valence electrons. The molecule has 0 heterocycles. The van der Waals surface area contributed by atoms with Gasteiger partial charge in [-0.1, -0.05) is 65.8 Å². The van der Waals surface area contributed by atoms with E-state index in [1.54, 1.807) is 0 Å². The van der Waals surface area contributed by atoms with E-state index in [0.29, 0.717) is 6.54 Å². The standard InChI is InChI=1S/C16H16N2O/c19-18-13-15-10-4-5-11-16(15)17-12-6-9-14-7-2-1-3-8-14/h1-11,13,17,19H,12H2/b9-6+,18-13+. The topological polar surface area (TPSA) is 44.6 Å². The number of oxime groups is 1. The lowest BCUT2D eigenvalue weighted by molar-refractivity contribution is 0.322.